The number of benzene rings is 2. The Balaban J connectivity index is 1.33. The van der Waals surface area contributed by atoms with Crippen LogP contribution in [-0.4, -0.2) is 30.2 Å². The standard InChI is InChI=1S/C24H26N2O2S/c27-24(28-21-13-15-26(16-14-21)18-22-12-7-17-29-22)25-23(19-8-3-1-4-9-19)20-10-5-2-6-11-20/h1-12,17,21,23H,13-16,18H2,(H,25,27). The molecular formula is C24H26N2O2S. The average molecular weight is 407 g/mol. The van der Waals surface area contributed by atoms with Gasteiger partial charge in [0.15, 0.2) is 0 Å². The molecule has 0 aliphatic carbocycles. The van der Waals surface area contributed by atoms with Crippen LogP contribution in [0.5, 0.6) is 0 Å². The first-order valence-corrected chi connectivity index (χ1v) is 11.0. The quantitative estimate of drug-likeness (QED) is 0.610. The van der Waals surface area contributed by atoms with E-state index in [1.54, 1.807) is 11.3 Å². The van der Waals surface area contributed by atoms with E-state index in [1.165, 1.54) is 4.88 Å². The van der Waals surface area contributed by atoms with Crippen molar-refractivity contribution >= 4 is 17.4 Å². The third-order valence-electron chi connectivity index (χ3n) is 5.30. The summed E-state index contributed by atoms with van der Waals surface area (Å²) >= 11 is 1.79. The zero-order valence-electron chi connectivity index (χ0n) is 16.4. The fraction of sp³-hybridized carbons (Fsp3) is 0.292. The SMILES string of the molecule is O=C(NC(c1ccccc1)c1ccccc1)OC1CCN(Cc2cccs2)CC1. The van der Waals surface area contributed by atoms with Gasteiger partial charge in [-0.2, -0.15) is 0 Å². The van der Waals surface area contributed by atoms with Crippen LogP contribution in [0.2, 0.25) is 0 Å². The van der Waals surface area contributed by atoms with E-state index in [1.807, 2.05) is 60.7 Å². The lowest BCUT2D eigenvalue weighted by Gasteiger charge is -2.31. The summed E-state index contributed by atoms with van der Waals surface area (Å²) in [7, 11) is 0. The average Bonchev–Trinajstić information content (AvgIpc) is 3.28. The lowest BCUT2D eigenvalue weighted by atomic mass is 9.99. The highest BCUT2D eigenvalue weighted by Gasteiger charge is 2.24. The van der Waals surface area contributed by atoms with Gasteiger partial charge < -0.3 is 10.1 Å². The molecule has 150 valence electrons. The number of likely N-dealkylation sites (tertiary alicyclic amines) is 1. The van der Waals surface area contributed by atoms with Crippen LogP contribution in [0.3, 0.4) is 0 Å². The van der Waals surface area contributed by atoms with Gasteiger partial charge in [-0.25, -0.2) is 4.79 Å². The minimum Gasteiger partial charge on any atom is -0.446 e. The van der Waals surface area contributed by atoms with E-state index in [0.29, 0.717) is 0 Å². The van der Waals surface area contributed by atoms with Crippen LogP contribution in [0.15, 0.2) is 78.2 Å². The van der Waals surface area contributed by atoms with Crippen molar-refractivity contribution in [1.29, 1.82) is 0 Å². The highest BCUT2D eigenvalue weighted by atomic mass is 32.1. The lowest BCUT2D eigenvalue weighted by Crippen LogP contribution is -2.39. The first kappa shape index (κ1) is 19.7. The van der Waals surface area contributed by atoms with Crippen LogP contribution in [0.25, 0.3) is 0 Å². The molecule has 0 bridgehead atoms. The third-order valence-corrected chi connectivity index (χ3v) is 6.16. The smallest absolute Gasteiger partial charge is 0.408 e. The van der Waals surface area contributed by atoms with Gasteiger partial charge >= 0.3 is 6.09 Å². The molecule has 1 aliphatic heterocycles. The topological polar surface area (TPSA) is 41.6 Å². The summed E-state index contributed by atoms with van der Waals surface area (Å²) < 4.78 is 5.77. The maximum Gasteiger partial charge on any atom is 0.408 e. The third kappa shape index (κ3) is 5.46. The molecule has 1 fully saturated rings. The highest BCUT2D eigenvalue weighted by molar-refractivity contribution is 7.09. The summed E-state index contributed by atoms with van der Waals surface area (Å²) in [4.78, 5) is 16.5. The molecule has 29 heavy (non-hydrogen) atoms. The number of hydrogen-bond acceptors (Lipinski definition) is 4. The molecule has 2 aromatic carbocycles. The van der Waals surface area contributed by atoms with Crippen molar-refractivity contribution in [1.82, 2.24) is 10.2 Å². The number of hydrogen-bond donors (Lipinski definition) is 1. The number of alkyl carbamates (subject to hydrolysis) is 1. The number of nitrogens with zero attached hydrogens (tertiary/aromatic N) is 1. The maximum atomic E-state index is 12.7. The molecular weight excluding hydrogens is 380 g/mol. The molecule has 1 aromatic heterocycles. The van der Waals surface area contributed by atoms with E-state index in [-0.39, 0.29) is 18.2 Å². The van der Waals surface area contributed by atoms with E-state index in [4.69, 9.17) is 4.74 Å². The maximum absolute atomic E-state index is 12.7. The van der Waals surface area contributed by atoms with Crippen molar-refractivity contribution in [2.75, 3.05) is 13.1 Å². The number of nitrogens with one attached hydrogen (secondary N) is 1. The van der Waals surface area contributed by atoms with Gasteiger partial charge in [-0.15, -0.1) is 11.3 Å². The largest absolute Gasteiger partial charge is 0.446 e. The molecule has 0 radical (unpaired) electrons. The Morgan fingerprint density at radius 3 is 2.14 bits per heavy atom. The first-order chi connectivity index (χ1) is 14.3. The van der Waals surface area contributed by atoms with E-state index in [9.17, 15) is 4.79 Å². The van der Waals surface area contributed by atoms with Gasteiger partial charge in [0, 0.05) is 24.5 Å². The Labute approximate surface area is 176 Å². The molecule has 4 nitrogen and oxygen atoms in total. The van der Waals surface area contributed by atoms with Crippen LogP contribution in [0, 0.1) is 0 Å². The second-order valence-electron chi connectivity index (χ2n) is 7.36. The van der Waals surface area contributed by atoms with E-state index >= 15 is 0 Å². The Kier molecular flexibility index (Phi) is 6.60. The van der Waals surface area contributed by atoms with E-state index in [0.717, 1.165) is 43.6 Å². The number of rotatable bonds is 6. The van der Waals surface area contributed by atoms with Gasteiger partial charge in [-0.1, -0.05) is 66.7 Å². The molecule has 5 heteroatoms. The second kappa shape index (κ2) is 9.72. The van der Waals surface area contributed by atoms with E-state index < -0.39 is 0 Å². The van der Waals surface area contributed by atoms with Crippen LogP contribution < -0.4 is 5.32 Å². The van der Waals surface area contributed by atoms with Gasteiger partial charge in [0.2, 0.25) is 0 Å². The summed E-state index contributed by atoms with van der Waals surface area (Å²) in [5.74, 6) is 0. The number of amides is 1. The van der Waals surface area contributed by atoms with Crippen LogP contribution in [0.4, 0.5) is 4.79 Å². The Morgan fingerprint density at radius 1 is 0.966 bits per heavy atom. The molecule has 0 unspecified atom stereocenters. The van der Waals surface area contributed by atoms with E-state index in [2.05, 4.69) is 27.7 Å². The van der Waals surface area contributed by atoms with Crippen LogP contribution in [0.1, 0.15) is 34.9 Å². The van der Waals surface area contributed by atoms with Crippen molar-refractivity contribution < 1.29 is 9.53 Å². The summed E-state index contributed by atoms with van der Waals surface area (Å²) in [5.41, 5.74) is 2.09. The van der Waals surface area contributed by atoms with Gasteiger partial charge in [-0.05, 0) is 35.4 Å². The van der Waals surface area contributed by atoms with Gasteiger partial charge in [0.1, 0.15) is 6.10 Å². The molecule has 1 saturated heterocycles. The first-order valence-electron chi connectivity index (χ1n) is 10.1. The van der Waals surface area contributed by atoms with Crippen molar-refractivity contribution in [3.63, 3.8) is 0 Å². The fourth-order valence-electron chi connectivity index (χ4n) is 3.76. The summed E-state index contributed by atoms with van der Waals surface area (Å²) in [5, 5.41) is 5.19. The van der Waals surface area contributed by atoms with Crippen LogP contribution in [-0.2, 0) is 11.3 Å². The zero-order valence-corrected chi connectivity index (χ0v) is 17.2. The second-order valence-corrected chi connectivity index (χ2v) is 8.39. The van der Waals surface area contributed by atoms with Crippen molar-refractivity contribution in [3.05, 3.63) is 94.2 Å². The molecule has 0 saturated carbocycles. The van der Waals surface area contributed by atoms with Crippen molar-refractivity contribution in [2.45, 2.75) is 31.5 Å². The number of thiophene rings is 1. The van der Waals surface area contributed by atoms with Gasteiger partial charge in [0.05, 0.1) is 6.04 Å². The molecule has 1 aliphatic rings. The summed E-state index contributed by atoms with van der Waals surface area (Å²) in [6, 6.07) is 24.1. The minimum atomic E-state index is -0.348. The number of carbonyl (C=O) groups excluding carboxylic acids is 1. The number of carbonyl (C=O) groups is 1. The molecule has 3 aromatic rings. The monoisotopic (exact) mass is 406 g/mol. The minimum absolute atomic E-state index is 0.0261. The normalized spacial score (nSPS) is 15.3. The number of piperidine rings is 1. The molecule has 4 rings (SSSR count). The molecule has 1 amide bonds. The number of ether oxygens (including phenoxy) is 1. The predicted molar refractivity (Wildman–Crippen MR) is 117 cm³/mol. The molecule has 0 atom stereocenters. The van der Waals surface area contributed by atoms with Crippen molar-refractivity contribution in [2.24, 2.45) is 0 Å². The Bertz CT molecular complexity index is 836. The Morgan fingerprint density at radius 2 is 1.59 bits per heavy atom. The van der Waals surface area contributed by atoms with Gasteiger partial charge in [0.25, 0.3) is 0 Å². The van der Waals surface area contributed by atoms with Crippen molar-refractivity contribution in [3.8, 4) is 0 Å². The predicted octanol–water partition coefficient (Wildman–Crippen LogP) is 5.23. The fourth-order valence-corrected chi connectivity index (χ4v) is 4.51. The molecule has 2 heterocycles. The van der Waals surface area contributed by atoms with Gasteiger partial charge in [-0.3, -0.25) is 4.90 Å². The zero-order chi connectivity index (χ0) is 19.9. The highest BCUT2D eigenvalue weighted by Crippen LogP contribution is 2.23. The molecule has 1 N–H and O–H groups in total. The summed E-state index contributed by atoms with van der Waals surface area (Å²) in [6.45, 7) is 2.90. The van der Waals surface area contributed by atoms with Crippen LogP contribution >= 0.6 is 11.3 Å². The summed E-state index contributed by atoms with van der Waals surface area (Å²) in [6.07, 6.45) is 1.38. The molecule has 0 spiro atoms. The Hall–Kier alpha value is -2.63. The lowest BCUT2D eigenvalue weighted by molar-refractivity contribution is 0.0479.